The van der Waals surface area contributed by atoms with Crippen molar-refractivity contribution in [3.8, 4) is 5.88 Å². The fourth-order valence-electron chi connectivity index (χ4n) is 2.17. The summed E-state index contributed by atoms with van der Waals surface area (Å²) >= 11 is 0. The Morgan fingerprint density at radius 2 is 1.89 bits per heavy atom. The molecule has 2 N–H and O–H groups in total. The summed E-state index contributed by atoms with van der Waals surface area (Å²) in [7, 11) is 1.55. The average Bonchev–Trinajstić information content (AvgIpc) is 2.63. The lowest BCUT2D eigenvalue weighted by molar-refractivity contribution is -0.154. The van der Waals surface area contributed by atoms with Gasteiger partial charge < -0.3 is 15.4 Å². The van der Waals surface area contributed by atoms with Crippen LogP contribution < -0.4 is 15.4 Å². The molecule has 0 amide bonds. The van der Waals surface area contributed by atoms with E-state index >= 15 is 0 Å². The molecule has 5 nitrogen and oxygen atoms in total. The number of aryl methyl sites for hydroxylation is 1. The Balaban J connectivity index is 0.00000392. The highest BCUT2D eigenvalue weighted by atomic mass is 127. The number of ether oxygens (including phenoxy) is 1. The molecule has 0 saturated carbocycles. The van der Waals surface area contributed by atoms with E-state index in [9.17, 15) is 17.6 Å². The highest BCUT2D eigenvalue weighted by Gasteiger charge is 2.29. The number of nitrogens with one attached hydrogen (secondary N) is 2. The molecule has 10 heteroatoms. The highest BCUT2D eigenvalue weighted by molar-refractivity contribution is 14.0. The maximum atomic E-state index is 13.6. The van der Waals surface area contributed by atoms with Gasteiger partial charge in [0.2, 0.25) is 5.88 Å². The molecule has 0 bridgehead atoms. The molecule has 0 unspecified atom stereocenters. The Kier molecular flexibility index (Phi) is 9.42. The van der Waals surface area contributed by atoms with Gasteiger partial charge >= 0.3 is 6.18 Å². The number of nitrogens with zero attached hydrogens (tertiary/aromatic N) is 2. The molecule has 0 aliphatic heterocycles. The molecule has 2 rings (SSSR count). The number of hydrogen-bond acceptors (Lipinski definition) is 3. The topological polar surface area (TPSA) is 58.5 Å². The van der Waals surface area contributed by atoms with Crippen molar-refractivity contribution in [1.82, 2.24) is 15.6 Å². The minimum atomic E-state index is -4.44. The Labute approximate surface area is 177 Å². The van der Waals surface area contributed by atoms with Crippen LogP contribution in [0.4, 0.5) is 17.6 Å². The van der Waals surface area contributed by atoms with E-state index in [2.05, 4.69) is 20.6 Å². The van der Waals surface area contributed by atoms with Crippen molar-refractivity contribution in [1.29, 1.82) is 0 Å². The van der Waals surface area contributed by atoms with Crippen LogP contribution in [-0.2, 0) is 13.1 Å². The normalized spacial score (nSPS) is 11.6. The average molecular weight is 512 g/mol. The Morgan fingerprint density at radius 1 is 1.18 bits per heavy atom. The minimum absolute atomic E-state index is 0. The van der Waals surface area contributed by atoms with Crippen molar-refractivity contribution >= 4 is 29.9 Å². The van der Waals surface area contributed by atoms with Gasteiger partial charge in [0.1, 0.15) is 5.82 Å². The van der Waals surface area contributed by atoms with Crippen LogP contribution in [0.25, 0.3) is 0 Å². The van der Waals surface area contributed by atoms with Gasteiger partial charge in [0.25, 0.3) is 0 Å². The lowest BCUT2D eigenvalue weighted by Gasteiger charge is -2.15. The van der Waals surface area contributed by atoms with Crippen LogP contribution in [0.5, 0.6) is 5.88 Å². The molecule has 0 saturated heterocycles. The quantitative estimate of drug-likeness (QED) is 0.267. The maximum Gasteiger partial charge on any atom is 0.422 e. The number of rotatable bonds is 6. The molecule has 0 radical (unpaired) electrons. The van der Waals surface area contributed by atoms with Crippen molar-refractivity contribution in [3.63, 3.8) is 0 Å². The number of guanidine groups is 1. The summed E-state index contributed by atoms with van der Waals surface area (Å²) in [5, 5.41) is 5.97. The lowest BCUT2D eigenvalue weighted by atomic mass is 10.1. The van der Waals surface area contributed by atoms with Gasteiger partial charge in [-0.1, -0.05) is 18.2 Å². The molecule has 1 heterocycles. The van der Waals surface area contributed by atoms with Gasteiger partial charge in [-0.3, -0.25) is 4.99 Å². The first-order chi connectivity index (χ1) is 12.8. The molecule has 28 heavy (non-hydrogen) atoms. The van der Waals surface area contributed by atoms with Gasteiger partial charge in [-0.25, -0.2) is 9.37 Å². The summed E-state index contributed by atoms with van der Waals surface area (Å²) in [4.78, 5) is 7.87. The Morgan fingerprint density at radius 3 is 2.54 bits per heavy atom. The number of alkyl halides is 3. The Bertz CT molecular complexity index is 799. The summed E-state index contributed by atoms with van der Waals surface area (Å²) in [6, 6.07) is 8.11. The van der Waals surface area contributed by atoms with E-state index in [1.807, 2.05) is 0 Å². The summed E-state index contributed by atoms with van der Waals surface area (Å²) in [5.74, 6) is 0.0130. The van der Waals surface area contributed by atoms with Gasteiger partial charge in [-0.2, -0.15) is 13.2 Å². The van der Waals surface area contributed by atoms with Gasteiger partial charge in [0.15, 0.2) is 12.6 Å². The molecule has 0 atom stereocenters. The van der Waals surface area contributed by atoms with Crippen molar-refractivity contribution in [2.75, 3.05) is 13.7 Å². The molecular weight excluding hydrogens is 491 g/mol. The predicted molar refractivity (Wildman–Crippen MR) is 109 cm³/mol. The minimum Gasteiger partial charge on any atom is -0.468 e. The van der Waals surface area contributed by atoms with Crippen molar-refractivity contribution in [2.24, 2.45) is 4.99 Å². The van der Waals surface area contributed by atoms with E-state index < -0.39 is 12.8 Å². The van der Waals surface area contributed by atoms with E-state index in [-0.39, 0.29) is 42.2 Å². The second-order valence-corrected chi connectivity index (χ2v) is 5.73. The van der Waals surface area contributed by atoms with Crippen LogP contribution in [0.3, 0.4) is 0 Å². The third-order valence-electron chi connectivity index (χ3n) is 3.59. The van der Waals surface area contributed by atoms with Crippen LogP contribution in [0.2, 0.25) is 0 Å². The zero-order chi connectivity index (χ0) is 19.9. The number of aliphatic imine (C=N–C) groups is 1. The summed E-state index contributed by atoms with van der Waals surface area (Å²) < 4.78 is 55.3. The molecule has 1 aromatic heterocycles. The van der Waals surface area contributed by atoms with Crippen LogP contribution in [-0.4, -0.2) is 30.8 Å². The maximum absolute atomic E-state index is 13.6. The van der Waals surface area contributed by atoms with Gasteiger partial charge in [0.05, 0.1) is 0 Å². The van der Waals surface area contributed by atoms with E-state index in [1.54, 1.807) is 38.2 Å². The molecular formula is C18H21F4IN4O. The first-order valence-electron chi connectivity index (χ1n) is 8.11. The number of halogens is 5. The number of pyridine rings is 1. The monoisotopic (exact) mass is 512 g/mol. The number of hydrogen-bond donors (Lipinski definition) is 2. The predicted octanol–water partition coefficient (Wildman–Crippen LogP) is 3.95. The zero-order valence-electron chi connectivity index (χ0n) is 15.3. The zero-order valence-corrected chi connectivity index (χ0v) is 17.6. The SMILES string of the molecule is CN=C(NCc1ccc(C)c(F)c1)NCc1cccnc1OCC(F)(F)F.I. The molecule has 0 spiro atoms. The first-order valence-corrected chi connectivity index (χ1v) is 8.11. The van der Waals surface area contributed by atoms with Crippen LogP contribution in [0.1, 0.15) is 16.7 Å². The van der Waals surface area contributed by atoms with Crippen LogP contribution in [0.15, 0.2) is 41.5 Å². The van der Waals surface area contributed by atoms with Gasteiger partial charge in [-0.05, 0) is 30.2 Å². The van der Waals surface area contributed by atoms with Crippen LogP contribution >= 0.6 is 24.0 Å². The molecule has 154 valence electrons. The number of benzene rings is 1. The molecule has 2 aromatic rings. The van der Waals surface area contributed by atoms with Crippen molar-refractivity contribution < 1.29 is 22.3 Å². The van der Waals surface area contributed by atoms with Crippen molar-refractivity contribution in [2.45, 2.75) is 26.2 Å². The highest BCUT2D eigenvalue weighted by Crippen LogP contribution is 2.19. The van der Waals surface area contributed by atoms with E-state index in [4.69, 9.17) is 4.74 Å². The second kappa shape index (κ2) is 11.0. The third kappa shape index (κ3) is 7.87. The smallest absolute Gasteiger partial charge is 0.422 e. The molecule has 0 aliphatic carbocycles. The molecule has 1 aromatic carbocycles. The van der Waals surface area contributed by atoms with E-state index in [0.717, 1.165) is 5.56 Å². The first kappa shape index (κ1) is 23.9. The van der Waals surface area contributed by atoms with Crippen molar-refractivity contribution in [3.05, 3.63) is 59.0 Å². The largest absolute Gasteiger partial charge is 0.468 e. The third-order valence-corrected chi connectivity index (χ3v) is 3.59. The van der Waals surface area contributed by atoms with E-state index in [0.29, 0.717) is 23.6 Å². The lowest BCUT2D eigenvalue weighted by Crippen LogP contribution is -2.36. The summed E-state index contributed by atoms with van der Waals surface area (Å²) in [6.07, 6.45) is -3.09. The fourth-order valence-corrected chi connectivity index (χ4v) is 2.17. The second-order valence-electron chi connectivity index (χ2n) is 5.73. The van der Waals surface area contributed by atoms with Gasteiger partial charge in [-0.15, -0.1) is 24.0 Å². The summed E-state index contributed by atoms with van der Waals surface area (Å²) in [6.45, 7) is 0.757. The van der Waals surface area contributed by atoms with E-state index in [1.165, 1.54) is 12.3 Å². The van der Waals surface area contributed by atoms with Gasteiger partial charge in [0, 0.05) is 31.9 Å². The number of aromatic nitrogens is 1. The molecule has 0 fully saturated rings. The summed E-state index contributed by atoms with van der Waals surface area (Å²) in [5.41, 5.74) is 1.74. The van der Waals surface area contributed by atoms with Crippen LogP contribution in [0, 0.1) is 12.7 Å². The molecule has 0 aliphatic rings. The standard InChI is InChI=1S/C18H20F4N4O.HI/c1-12-5-6-13(8-15(12)19)9-25-17(23-2)26-10-14-4-3-7-24-16(14)27-11-18(20,21)22;/h3-8H,9-11H2,1-2H3,(H2,23,25,26);1H. The Hall–Kier alpha value is -2.11. The fraction of sp³-hybridized carbons (Fsp3) is 0.333.